The largest absolute Gasteiger partial charge is 0.465 e. The molecule has 1 amide bonds. The van der Waals surface area contributed by atoms with Gasteiger partial charge in [0.15, 0.2) is 0 Å². The molecule has 2 unspecified atom stereocenters. The fraction of sp³-hybridized carbons (Fsp3) is 0.407. The fourth-order valence-electron chi connectivity index (χ4n) is 5.23. The van der Waals surface area contributed by atoms with Crippen molar-refractivity contribution in [2.24, 2.45) is 5.41 Å². The van der Waals surface area contributed by atoms with Crippen LogP contribution in [0, 0.1) is 12.3 Å². The summed E-state index contributed by atoms with van der Waals surface area (Å²) in [7, 11) is 0. The summed E-state index contributed by atoms with van der Waals surface area (Å²) in [4.78, 5) is 47.7. The quantitative estimate of drug-likeness (QED) is 0.373. The molecular formula is C27H30N4O4S2. The normalized spacial score (nSPS) is 18.4. The zero-order valence-electron chi connectivity index (χ0n) is 21.3. The van der Waals surface area contributed by atoms with E-state index < -0.39 is 12.1 Å². The van der Waals surface area contributed by atoms with Gasteiger partial charge in [0.1, 0.15) is 9.71 Å². The highest BCUT2D eigenvalue weighted by Gasteiger charge is 2.40. The standard InChI is InChI=1S/C27H30N4O4S2/c1-16-14-28-22(36-16)15-30-19-13-20(17-8-6-5-7-9-17)37-23(19)24(32)31(25(30)33)18-10-11-29(26(34)35)21(12-18)27(2,3)4/h5-9,13-14,18,21H,10-12,15H2,1-4H3,(H,34,35). The fourth-order valence-corrected chi connectivity index (χ4v) is 7.10. The molecule has 0 aliphatic carbocycles. The number of carbonyl (C=O) groups is 1. The van der Waals surface area contributed by atoms with Crippen LogP contribution in [0.2, 0.25) is 0 Å². The highest BCUT2D eigenvalue weighted by molar-refractivity contribution is 7.22. The first kappa shape index (κ1) is 25.4. The molecule has 194 valence electrons. The van der Waals surface area contributed by atoms with E-state index in [-0.39, 0.29) is 35.8 Å². The number of likely N-dealkylation sites (tertiary alicyclic amines) is 1. The second-order valence-electron chi connectivity index (χ2n) is 10.6. The maximum Gasteiger partial charge on any atom is 0.407 e. The van der Waals surface area contributed by atoms with Gasteiger partial charge in [-0.15, -0.1) is 22.7 Å². The molecule has 1 aromatic carbocycles. The van der Waals surface area contributed by atoms with Crippen LogP contribution in [0.1, 0.15) is 49.5 Å². The zero-order chi connectivity index (χ0) is 26.5. The number of fused-ring (bicyclic) bond motifs is 1. The molecule has 5 rings (SSSR count). The van der Waals surface area contributed by atoms with E-state index in [9.17, 15) is 19.5 Å². The molecule has 0 bridgehead atoms. The van der Waals surface area contributed by atoms with Crippen LogP contribution in [0.4, 0.5) is 4.79 Å². The molecule has 1 saturated heterocycles. The van der Waals surface area contributed by atoms with Crippen molar-refractivity contribution in [1.82, 2.24) is 19.0 Å². The molecule has 1 aliphatic rings. The van der Waals surface area contributed by atoms with E-state index in [1.807, 2.05) is 64.1 Å². The number of carboxylic acid groups (broad SMARTS) is 1. The molecule has 4 heterocycles. The third kappa shape index (κ3) is 4.75. The van der Waals surface area contributed by atoms with Crippen LogP contribution in [0.3, 0.4) is 0 Å². The topological polar surface area (TPSA) is 97.4 Å². The number of thiazole rings is 1. The summed E-state index contributed by atoms with van der Waals surface area (Å²) in [5.74, 6) is 0. The third-order valence-corrected chi connectivity index (χ3v) is 9.12. The van der Waals surface area contributed by atoms with Gasteiger partial charge in [0, 0.05) is 34.6 Å². The van der Waals surface area contributed by atoms with Crippen LogP contribution in [0.15, 0.2) is 52.2 Å². The van der Waals surface area contributed by atoms with Crippen molar-refractivity contribution >= 4 is 39.0 Å². The lowest BCUT2D eigenvalue weighted by atomic mass is 9.79. The summed E-state index contributed by atoms with van der Waals surface area (Å²) in [5.41, 5.74) is 0.579. The van der Waals surface area contributed by atoms with Crippen LogP contribution in [-0.4, -0.2) is 42.8 Å². The van der Waals surface area contributed by atoms with Gasteiger partial charge in [-0.25, -0.2) is 14.6 Å². The van der Waals surface area contributed by atoms with Gasteiger partial charge in [0.05, 0.1) is 12.1 Å². The van der Waals surface area contributed by atoms with Gasteiger partial charge in [-0.05, 0) is 36.8 Å². The first-order valence-corrected chi connectivity index (χ1v) is 13.9. The van der Waals surface area contributed by atoms with E-state index >= 15 is 0 Å². The van der Waals surface area contributed by atoms with Gasteiger partial charge in [-0.3, -0.25) is 13.9 Å². The van der Waals surface area contributed by atoms with Crippen molar-refractivity contribution in [3.63, 3.8) is 0 Å². The first-order valence-electron chi connectivity index (χ1n) is 12.3. The molecule has 1 fully saturated rings. The molecule has 37 heavy (non-hydrogen) atoms. The summed E-state index contributed by atoms with van der Waals surface area (Å²) < 4.78 is 3.57. The summed E-state index contributed by atoms with van der Waals surface area (Å²) >= 11 is 2.92. The third-order valence-electron chi connectivity index (χ3n) is 7.06. The molecular weight excluding hydrogens is 508 g/mol. The SMILES string of the molecule is Cc1cnc(Cn2c(=O)n(C3CCN(C(=O)O)C(C(C)(C)C)C3)c(=O)c3sc(-c4ccccc4)cc32)s1. The number of hydrogen-bond acceptors (Lipinski definition) is 6. The minimum absolute atomic E-state index is 0.274. The van der Waals surface area contributed by atoms with Gasteiger partial charge in [-0.2, -0.15) is 0 Å². The average Bonchev–Trinajstić information content (AvgIpc) is 3.48. The number of hydrogen-bond donors (Lipinski definition) is 1. The predicted octanol–water partition coefficient (Wildman–Crippen LogP) is 5.43. The van der Waals surface area contributed by atoms with E-state index in [1.165, 1.54) is 32.1 Å². The highest BCUT2D eigenvalue weighted by atomic mass is 32.1. The van der Waals surface area contributed by atoms with Crippen molar-refractivity contribution < 1.29 is 9.90 Å². The van der Waals surface area contributed by atoms with E-state index in [1.54, 1.807) is 10.8 Å². The Morgan fingerprint density at radius 1 is 1.16 bits per heavy atom. The van der Waals surface area contributed by atoms with Crippen molar-refractivity contribution in [3.8, 4) is 10.4 Å². The van der Waals surface area contributed by atoms with Gasteiger partial charge < -0.3 is 10.0 Å². The number of benzene rings is 1. The lowest BCUT2D eigenvalue weighted by Crippen LogP contribution is -2.54. The number of aryl methyl sites for hydroxylation is 1. The molecule has 2 atom stereocenters. The molecule has 0 saturated carbocycles. The first-order chi connectivity index (χ1) is 17.5. The molecule has 1 N–H and O–H groups in total. The number of rotatable bonds is 4. The number of amides is 1. The summed E-state index contributed by atoms with van der Waals surface area (Å²) in [5, 5.41) is 10.6. The summed E-state index contributed by atoms with van der Waals surface area (Å²) in [6, 6.07) is 11.0. The number of piperidine rings is 1. The average molecular weight is 539 g/mol. The maximum atomic E-state index is 14.0. The summed E-state index contributed by atoms with van der Waals surface area (Å²) in [6.45, 7) is 8.51. The van der Waals surface area contributed by atoms with Crippen LogP contribution < -0.4 is 11.2 Å². The van der Waals surface area contributed by atoms with Gasteiger partial charge >= 0.3 is 11.8 Å². The Kier molecular flexibility index (Phi) is 6.57. The van der Waals surface area contributed by atoms with Crippen molar-refractivity contribution in [1.29, 1.82) is 0 Å². The Labute approximate surface area is 222 Å². The predicted molar refractivity (Wildman–Crippen MR) is 148 cm³/mol. The molecule has 1 aliphatic heterocycles. The molecule has 0 spiro atoms. The van der Waals surface area contributed by atoms with Crippen molar-refractivity contribution in [2.75, 3.05) is 6.54 Å². The minimum Gasteiger partial charge on any atom is -0.465 e. The zero-order valence-corrected chi connectivity index (χ0v) is 22.9. The molecule has 4 aromatic rings. The maximum absolute atomic E-state index is 14.0. The Bertz CT molecular complexity index is 1580. The van der Waals surface area contributed by atoms with Crippen LogP contribution in [0.25, 0.3) is 20.7 Å². The molecule has 8 nitrogen and oxygen atoms in total. The Hall–Kier alpha value is -3.24. The molecule has 0 radical (unpaired) electrons. The van der Waals surface area contributed by atoms with Gasteiger partial charge in [0.25, 0.3) is 5.56 Å². The Morgan fingerprint density at radius 2 is 1.89 bits per heavy atom. The number of nitrogens with zero attached hydrogens (tertiary/aromatic N) is 4. The summed E-state index contributed by atoms with van der Waals surface area (Å²) in [6.07, 6.45) is 1.64. The Morgan fingerprint density at radius 3 is 2.51 bits per heavy atom. The van der Waals surface area contributed by atoms with E-state index in [0.717, 1.165) is 20.3 Å². The van der Waals surface area contributed by atoms with Crippen LogP contribution >= 0.6 is 22.7 Å². The van der Waals surface area contributed by atoms with E-state index in [0.29, 0.717) is 23.1 Å². The van der Waals surface area contributed by atoms with Gasteiger partial charge in [-0.1, -0.05) is 51.1 Å². The van der Waals surface area contributed by atoms with Gasteiger partial charge in [0.2, 0.25) is 0 Å². The highest BCUT2D eigenvalue weighted by Crippen LogP contribution is 2.37. The van der Waals surface area contributed by atoms with Crippen LogP contribution in [-0.2, 0) is 6.54 Å². The monoisotopic (exact) mass is 538 g/mol. The van der Waals surface area contributed by atoms with Crippen LogP contribution in [0.5, 0.6) is 0 Å². The Balaban J connectivity index is 1.68. The second-order valence-corrected chi connectivity index (χ2v) is 13.0. The molecule has 3 aromatic heterocycles. The van der Waals surface area contributed by atoms with Crippen molar-refractivity contribution in [3.05, 3.63) is 73.3 Å². The lowest BCUT2D eigenvalue weighted by Gasteiger charge is -2.44. The number of thiophene rings is 1. The van der Waals surface area contributed by atoms with Crippen molar-refractivity contribution in [2.45, 2.75) is 59.2 Å². The smallest absolute Gasteiger partial charge is 0.407 e. The second kappa shape index (κ2) is 9.57. The lowest BCUT2D eigenvalue weighted by molar-refractivity contribution is 0.0414. The minimum atomic E-state index is -0.969. The van der Waals surface area contributed by atoms with E-state index in [4.69, 9.17) is 0 Å². The number of aromatic nitrogens is 3. The van der Waals surface area contributed by atoms with E-state index in [2.05, 4.69) is 4.98 Å². The molecule has 10 heteroatoms.